The van der Waals surface area contributed by atoms with Crippen molar-refractivity contribution in [3.05, 3.63) is 60.6 Å². The van der Waals surface area contributed by atoms with Crippen molar-refractivity contribution < 1.29 is 8.78 Å². The summed E-state index contributed by atoms with van der Waals surface area (Å²) in [5.41, 5.74) is 7.17. The Balaban J connectivity index is 2.25. The molecule has 0 unspecified atom stereocenters. The molecule has 0 spiro atoms. The van der Waals surface area contributed by atoms with Gasteiger partial charge in [-0.05, 0) is 18.2 Å². The van der Waals surface area contributed by atoms with Crippen molar-refractivity contribution in [2.75, 3.05) is 5.73 Å². The van der Waals surface area contributed by atoms with Crippen molar-refractivity contribution in [3.8, 4) is 22.4 Å². The van der Waals surface area contributed by atoms with Gasteiger partial charge in [-0.1, -0.05) is 12.1 Å². The van der Waals surface area contributed by atoms with Crippen LogP contribution >= 0.6 is 0 Å². The van der Waals surface area contributed by atoms with Gasteiger partial charge >= 0.3 is 0 Å². The highest BCUT2D eigenvalue weighted by Gasteiger charge is 2.14. The van der Waals surface area contributed by atoms with Crippen LogP contribution in [0.3, 0.4) is 0 Å². The lowest BCUT2D eigenvalue weighted by Gasteiger charge is -2.10. The van der Waals surface area contributed by atoms with E-state index in [0.29, 0.717) is 16.8 Å². The third-order valence-corrected chi connectivity index (χ3v) is 2.97. The molecular weight excluding hydrogens is 274 g/mol. The summed E-state index contributed by atoms with van der Waals surface area (Å²) in [7, 11) is 0. The largest absolute Gasteiger partial charge is 0.368 e. The van der Waals surface area contributed by atoms with Crippen LogP contribution in [0.4, 0.5) is 14.7 Å². The van der Waals surface area contributed by atoms with E-state index in [2.05, 4.69) is 15.0 Å². The van der Waals surface area contributed by atoms with Crippen molar-refractivity contribution in [1.82, 2.24) is 15.0 Å². The quantitative estimate of drug-likeness (QED) is 0.785. The van der Waals surface area contributed by atoms with Crippen LogP contribution < -0.4 is 5.73 Å². The number of halogens is 2. The first-order valence-electron chi connectivity index (χ1n) is 6.13. The molecule has 4 nitrogen and oxygen atoms in total. The number of nitrogens with two attached hydrogens (primary N) is 1. The van der Waals surface area contributed by atoms with Crippen molar-refractivity contribution in [3.63, 3.8) is 0 Å². The maximum atomic E-state index is 13.9. The number of nitrogens with zero attached hydrogens (tertiary/aromatic N) is 3. The summed E-state index contributed by atoms with van der Waals surface area (Å²) in [6.07, 6.45) is 3.98. The second-order valence-electron chi connectivity index (χ2n) is 4.36. The average Bonchev–Trinajstić information content (AvgIpc) is 2.48. The minimum absolute atomic E-state index is 0.0347. The molecule has 3 aromatic rings. The lowest BCUT2D eigenvalue weighted by Crippen LogP contribution is -2.00. The molecule has 1 aromatic carbocycles. The second-order valence-corrected chi connectivity index (χ2v) is 4.36. The van der Waals surface area contributed by atoms with Crippen molar-refractivity contribution in [2.45, 2.75) is 0 Å². The fraction of sp³-hybridized carbons (Fsp3) is 0. The smallest absolute Gasteiger partial charge is 0.220 e. The first-order chi connectivity index (χ1) is 10.1. The number of hydrogen-bond acceptors (Lipinski definition) is 4. The van der Waals surface area contributed by atoms with E-state index in [1.54, 1.807) is 12.1 Å². The van der Waals surface area contributed by atoms with E-state index in [1.165, 1.54) is 30.6 Å². The van der Waals surface area contributed by atoms with Crippen molar-refractivity contribution >= 4 is 5.95 Å². The molecule has 6 heteroatoms. The molecule has 21 heavy (non-hydrogen) atoms. The Bertz CT molecular complexity index is 805. The highest BCUT2D eigenvalue weighted by Crippen LogP contribution is 2.31. The summed E-state index contributed by atoms with van der Waals surface area (Å²) in [6, 6.07) is 7.36. The fourth-order valence-electron chi connectivity index (χ4n) is 2.04. The molecule has 0 saturated heterocycles. The number of aromatic nitrogens is 3. The SMILES string of the molecule is Nc1ncc(-c2ccncc2F)c(-c2cccc(F)c2)n1. The van der Waals surface area contributed by atoms with E-state index in [4.69, 9.17) is 5.73 Å². The van der Waals surface area contributed by atoms with Gasteiger partial charge in [0, 0.05) is 29.1 Å². The second kappa shape index (κ2) is 5.24. The van der Waals surface area contributed by atoms with Crippen LogP contribution in [0.25, 0.3) is 22.4 Å². The number of pyridine rings is 1. The summed E-state index contributed by atoms with van der Waals surface area (Å²) in [5, 5.41) is 0. The molecule has 2 N–H and O–H groups in total. The summed E-state index contributed by atoms with van der Waals surface area (Å²) in [6.45, 7) is 0. The molecule has 0 fully saturated rings. The number of nitrogen functional groups attached to an aromatic ring is 1. The van der Waals surface area contributed by atoms with Crippen molar-refractivity contribution in [2.24, 2.45) is 0 Å². The van der Waals surface area contributed by atoms with Crippen molar-refractivity contribution in [1.29, 1.82) is 0 Å². The van der Waals surface area contributed by atoms with E-state index in [-0.39, 0.29) is 11.5 Å². The Kier molecular flexibility index (Phi) is 3.27. The first kappa shape index (κ1) is 13.1. The first-order valence-corrected chi connectivity index (χ1v) is 6.13. The lowest BCUT2D eigenvalue weighted by atomic mass is 10.0. The summed E-state index contributed by atoms with van der Waals surface area (Å²) < 4.78 is 27.3. The van der Waals surface area contributed by atoms with Crippen LogP contribution in [0.15, 0.2) is 48.9 Å². The lowest BCUT2D eigenvalue weighted by molar-refractivity contribution is 0.625. The van der Waals surface area contributed by atoms with Gasteiger partial charge in [0.25, 0.3) is 0 Å². The Morgan fingerprint density at radius 3 is 2.62 bits per heavy atom. The zero-order chi connectivity index (χ0) is 14.8. The molecule has 0 amide bonds. The Morgan fingerprint density at radius 1 is 1.00 bits per heavy atom. The zero-order valence-electron chi connectivity index (χ0n) is 10.8. The van der Waals surface area contributed by atoms with Gasteiger partial charge in [0.2, 0.25) is 5.95 Å². The van der Waals surface area contributed by atoms with Gasteiger partial charge in [0.05, 0.1) is 11.9 Å². The van der Waals surface area contributed by atoms with Gasteiger partial charge in [-0.3, -0.25) is 4.98 Å². The molecule has 0 bridgehead atoms. The zero-order valence-corrected chi connectivity index (χ0v) is 10.8. The monoisotopic (exact) mass is 284 g/mol. The molecule has 3 rings (SSSR count). The fourth-order valence-corrected chi connectivity index (χ4v) is 2.04. The van der Waals surface area contributed by atoms with Crippen LogP contribution in [0.5, 0.6) is 0 Å². The number of rotatable bonds is 2. The molecule has 0 aliphatic heterocycles. The summed E-state index contributed by atoms with van der Waals surface area (Å²) in [4.78, 5) is 11.7. The van der Waals surface area contributed by atoms with E-state index < -0.39 is 11.6 Å². The average molecular weight is 284 g/mol. The van der Waals surface area contributed by atoms with E-state index in [1.807, 2.05) is 0 Å². The molecule has 0 atom stereocenters. The topological polar surface area (TPSA) is 64.7 Å². The molecule has 0 aliphatic rings. The van der Waals surface area contributed by atoms with Gasteiger partial charge in [-0.15, -0.1) is 0 Å². The van der Waals surface area contributed by atoms with Gasteiger partial charge in [0.1, 0.15) is 11.6 Å². The van der Waals surface area contributed by atoms with Gasteiger partial charge < -0.3 is 5.73 Å². The molecule has 0 aliphatic carbocycles. The van der Waals surface area contributed by atoms with Gasteiger partial charge in [-0.25, -0.2) is 18.7 Å². The summed E-state index contributed by atoms with van der Waals surface area (Å²) in [5.74, 6) is -0.887. The molecular formula is C15H10F2N4. The van der Waals surface area contributed by atoms with Crippen LogP contribution in [0.2, 0.25) is 0 Å². The molecule has 2 aromatic heterocycles. The molecule has 2 heterocycles. The van der Waals surface area contributed by atoms with E-state index in [9.17, 15) is 8.78 Å². The highest BCUT2D eigenvalue weighted by molar-refractivity contribution is 5.80. The number of anilines is 1. The maximum absolute atomic E-state index is 13.9. The minimum atomic E-state index is -0.511. The maximum Gasteiger partial charge on any atom is 0.220 e. The van der Waals surface area contributed by atoms with Crippen LogP contribution in [-0.2, 0) is 0 Å². The van der Waals surface area contributed by atoms with E-state index >= 15 is 0 Å². The highest BCUT2D eigenvalue weighted by atomic mass is 19.1. The van der Waals surface area contributed by atoms with Gasteiger partial charge in [0.15, 0.2) is 0 Å². The predicted molar refractivity (Wildman–Crippen MR) is 75.0 cm³/mol. The Hall–Kier alpha value is -2.89. The Labute approximate surface area is 119 Å². The predicted octanol–water partition coefficient (Wildman–Crippen LogP) is 3.07. The van der Waals surface area contributed by atoms with E-state index in [0.717, 1.165) is 6.20 Å². The van der Waals surface area contributed by atoms with Gasteiger partial charge in [-0.2, -0.15) is 0 Å². The number of benzene rings is 1. The Morgan fingerprint density at radius 2 is 1.86 bits per heavy atom. The summed E-state index contributed by atoms with van der Waals surface area (Å²) >= 11 is 0. The minimum Gasteiger partial charge on any atom is -0.368 e. The third-order valence-electron chi connectivity index (χ3n) is 2.97. The van der Waals surface area contributed by atoms with Crippen LogP contribution in [0, 0.1) is 11.6 Å². The third kappa shape index (κ3) is 2.55. The molecule has 0 radical (unpaired) electrons. The molecule has 104 valence electrons. The van der Waals surface area contributed by atoms with Crippen LogP contribution in [-0.4, -0.2) is 15.0 Å². The normalized spacial score (nSPS) is 10.6. The number of hydrogen-bond donors (Lipinski definition) is 1. The van der Waals surface area contributed by atoms with Crippen LogP contribution in [0.1, 0.15) is 0 Å². The molecule has 0 saturated carbocycles. The standard InChI is InChI=1S/C15H10F2N4/c16-10-3-1-2-9(6-10)14-12(7-20-15(18)21-14)11-4-5-19-8-13(11)17/h1-8H,(H2,18,20,21).